The van der Waals surface area contributed by atoms with Gasteiger partial charge in [-0.15, -0.1) is 0 Å². The van der Waals surface area contributed by atoms with Gasteiger partial charge in [-0.25, -0.2) is 4.98 Å². The molecule has 0 aliphatic heterocycles. The van der Waals surface area contributed by atoms with Gasteiger partial charge in [0.15, 0.2) is 0 Å². The summed E-state index contributed by atoms with van der Waals surface area (Å²) in [6.07, 6.45) is 10.8. The van der Waals surface area contributed by atoms with Gasteiger partial charge in [-0.05, 0) is 70.1 Å². The lowest BCUT2D eigenvalue weighted by Crippen LogP contribution is -2.55. The topological polar surface area (TPSA) is 29.9 Å². The van der Waals surface area contributed by atoms with Gasteiger partial charge in [-0.3, -0.25) is 0 Å². The van der Waals surface area contributed by atoms with Gasteiger partial charge in [0.2, 0.25) is 5.95 Å². The molecule has 19 heavy (non-hydrogen) atoms. The molecule has 0 radical (unpaired) electrons. The first-order valence-electron chi connectivity index (χ1n) is 7.98. The van der Waals surface area contributed by atoms with Crippen LogP contribution in [-0.2, 0) is 6.54 Å². The average molecular weight is 259 g/mol. The maximum atomic E-state index is 4.71. The Morgan fingerprint density at radius 2 is 1.79 bits per heavy atom. The Hall–Kier alpha value is -0.990. The monoisotopic (exact) mass is 259 g/mol. The van der Waals surface area contributed by atoms with Crippen LogP contribution in [0.3, 0.4) is 0 Å². The van der Waals surface area contributed by atoms with Crippen LogP contribution >= 0.6 is 0 Å². The fraction of sp³-hybridized carbons (Fsp3) is 0.812. The molecule has 0 saturated heterocycles. The predicted octanol–water partition coefficient (Wildman–Crippen LogP) is 3.59. The summed E-state index contributed by atoms with van der Waals surface area (Å²) >= 11 is 0. The molecule has 3 heteroatoms. The van der Waals surface area contributed by atoms with Crippen molar-refractivity contribution in [2.45, 2.75) is 64.5 Å². The zero-order valence-electron chi connectivity index (χ0n) is 12.2. The Kier molecular flexibility index (Phi) is 2.49. The number of rotatable bonds is 3. The molecular weight excluding hydrogens is 234 g/mol. The summed E-state index contributed by atoms with van der Waals surface area (Å²) in [6.45, 7) is 5.30. The summed E-state index contributed by atoms with van der Waals surface area (Å²) in [5, 5.41) is 3.88. The normalized spacial score (nSPS) is 39.8. The van der Waals surface area contributed by atoms with Crippen molar-refractivity contribution >= 4 is 5.95 Å². The van der Waals surface area contributed by atoms with Crippen molar-refractivity contribution in [3.63, 3.8) is 0 Å². The minimum atomic E-state index is 0.374. The molecule has 3 nitrogen and oxygen atoms in total. The van der Waals surface area contributed by atoms with Crippen LogP contribution < -0.4 is 5.32 Å². The fourth-order valence-corrected chi connectivity index (χ4v) is 5.39. The molecule has 1 heterocycles. The first-order chi connectivity index (χ1) is 9.16. The summed E-state index contributed by atoms with van der Waals surface area (Å²) in [6, 6.07) is 0. The number of hydrogen-bond donors (Lipinski definition) is 1. The van der Waals surface area contributed by atoms with Crippen LogP contribution in [0.1, 0.15) is 51.1 Å². The molecule has 0 aromatic carbocycles. The number of imidazole rings is 1. The van der Waals surface area contributed by atoms with Crippen molar-refractivity contribution in [3.8, 4) is 0 Å². The number of aromatic nitrogens is 2. The second-order valence-electron chi connectivity index (χ2n) is 7.31. The van der Waals surface area contributed by atoms with E-state index < -0.39 is 0 Å². The highest BCUT2D eigenvalue weighted by Gasteiger charge is 2.51. The number of anilines is 1. The van der Waals surface area contributed by atoms with E-state index in [4.69, 9.17) is 4.98 Å². The van der Waals surface area contributed by atoms with E-state index in [0.717, 1.165) is 35.9 Å². The van der Waals surface area contributed by atoms with Crippen LogP contribution in [0.2, 0.25) is 0 Å². The van der Waals surface area contributed by atoms with E-state index in [1.54, 1.807) is 0 Å². The van der Waals surface area contributed by atoms with E-state index in [1.165, 1.54) is 38.5 Å². The van der Waals surface area contributed by atoms with Gasteiger partial charge in [-0.2, -0.15) is 0 Å². The molecule has 4 aliphatic rings. The number of nitrogens with zero attached hydrogens (tertiary/aromatic N) is 2. The minimum absolute atomic E-state index is 0.374. The average Bonchev–Trinajstić information content (AvgIpc) is 2.66. The van der Waals surface area contributed by atoms with Crippen molar-refractivity contribution in [1.82, 2.24) is 9.55 Å². The summed E-state index contributed by atoms with van der Waals surface area (Å²) < 4.78 is 2.27. The highest BCUT2D eigenvalue weighted by molar-refractivity contribution is 5.35. The molecule has 0 atom stereocenters. The maximum absolute atomic E-state index is 4.71. The standard InChI is InChI=1S/C16H25N3/c1-3-19-10-11(2)17-15(19)18-16-7-12-4-13(8-16)6-14(5-12)9-16/h10,12-14H,3-9H2,1-2H3,(H,17,18). The zero-order valence-corrected chi connectivity index (χ0v) is 12.2. The molecule has 1 N–H and O–H groups in total. The van der Waals surface area contributed by atoms with Gasteiger partial charge >= 0.3 is 0 Å². The van der Waals surface area contributed by atoms with Crippen LogP contribution in [0.25, 0.3) is 0 Å². The molecular formula is C16H25N3. The largest absolute Gasteiger partial charge is 0.350 e. The van der Waals surface area contributed by atoms with Gasteiger partial charge < -0.3 is 9.88 Å². The summed E-state index contributed by atoms with van der Waals surface area (Å²) in [5.74, 6) is 4.08. The first-order valence-corrected chi connectivity index (χ1v) is 7.98. The Morgan fingerprint density at radius 3 is 2.32 bits per heavy atom. The number of hydrogen-bond acceptors (Lipinski definition) is 2. The fourth-order valence-electron chi connectivity index (χ4n) is 5.39. The van der Waals surface area contributed by atoms with Gasteiger partial charge in [0, 0.05) is 18.3 Å². The van der Waals surface area contributed by atoms with Gasteiger partial charge in [0.25, 0.3) is 0 Å². The lowest BCUT2D eigenvalue weighted by molar-refractivity contribution is 0.0102. The van der Waals surface area contributed by atoms with Crippen molar-refractivity contribution in [2.75, 3.05) is 5.32 Å². The highest BCUT2D eigenvalue weighted by atomic mass is 15.2. The minimum Gasteiger partial charge on any atom is -0.350 e. The van der Waals surface area contributed by atoms with Gasteiger partial charge in [0.05, 0.1) is 5.69 Å². The van der Waals surface area contributed by atoms with Crippen LogP contribution in [0.5, 0.6) is 0 Å². The molecule has 0 unspecified atom stereocenters. The van der Waals surface area contributed by atoms with Crippen LogP contribution in [0.4, 0.5) is 5.95 Å². The summed E-state index contributed by atoms with van der Waals surface area (Å²) in [7, 11) is 0. The first kappa shape index (κ1) is 11.8. The summed E-state index contributed by atoms with van der Waals surface area (Å²) in [4.78, 5) is 4.71. The van der Waals surface area contributed by atoms with Crippen LogP contribution in [0.15, 0.2) is 6.20 Å². The van der Waals surface area contributed by atoms with Crippen LogP contribution in [-0.4, -0.2) is 15.1 Å². The Balaban J connectivity index is 1.62. The highest BCUT2D eigenvalue weighted by Crippen LogP contribution is 2.56. The van der Waals surface area contributed by atoms with E-state index in [1.807, 2.05) is 0 Å². The molecule has 4 aliphatic carbocycles. The van der Waals surface area contributed by atoms with Crippen molar-refractivity contribution < 1.29 is 0 Å². The third kappa shape index (κ3) is 1.89. The van der Waals surface area contributed by atoms with E-state index in [0.29, 0.717) is 5.54 Å². The third-order valence-electron chi connectivity index (χ3n) is 5.65. The molecule has 1 aromatic heterocycles. The molecule has 0 spiro atoms. The smallest absolute Gasteiger partial charge is 0.203 e. The molecule has 1 aromatic rings. The SMILES string of the molecule is CCn1cc(C)nc1NC12CC3CC(CC(C3)C1)C2. The summed E-state index contributed by atoms with van der Waals surface area (Å²) in [5.41, 5.74) is 1.51. The molecule has 0 amide bonds. The second kappa shape index (κ2) is 4.00. The maximum Gasteiger partial charge on any atom is 0.203 e. The molecule has 4 saturated carbocycles. The molecule has 5 rings (SSSR count). The van der Waals surface area contributed by atoms with E-state index in [-0.39, 0.29) is 0 Å². The van der Waals surface area contributed by atoms with E-state index >= 15 is 0 Å². The third-order valence-corrected chi connectivity index (χ3v) is 5.65. The molecule has 4 bridgehead atoms. The van der Waals surface area contributed by atoms with Crippen molar-refractivity contribution in [3.05, 3.63) is 11.9 Å². The van der Waals surface area contributed by atoms with Crippen LogP contribution in [0, 0.1) is 24.7 Å². The number of nitrogens with one attached hydrogen (secondary N) is 1. The van der Waals surface area contributed by atoms with E-state index in [9.17, 15) is 0 Å². The lowest BCUT2D eigenvalue weighted by atomic mass is 9.53. The zero-order chi connectivity index (χ0) is 13.0. The molecule has 104 valence electrons. The van der Waals surface area contributed by atoms with Crippen molar-refractivity contribution in [1.29, 1.82) is 0 Å². The Bertz CT molecular complexity index is 453. The lowest BCUT2D eigenvalue weighted by Gasteiger charge is -2.57. The number of aryl methyl sites for hydroxylation is 2. The molecule has 4 fully saturated rings. The van der Waals surface area contributed by atoms with Gasteiger partial charge in [-0.1, -0.05) is 0 Å². The van der Waals surface area contributed by atoms with E-state index in [2.05, 4.69) is 29.9 Å². The predicted molar refractivity (Wildman–Crippen MR) is 77.2 cm³/mol. The Morgan fingerprint density at radius 1 is 1.21 bits per heavy atom. The second-order valence-corrected chi connectivity index (χ2v) is 7.31. The quantitative estimate of drug-likeness (QED) is 0.899. The van der Waals surface area contributed by atoms with Crippen molar-refractivity contribution in [2.24, 2.45) is 17.8 Å². The van der Waals surface area contributed by atoms with Gasteiger partial charge in [0.1, 0.15) is 0 Å². The Labute approximate surface area is 115 Å².